The van der Waals surface area contributed by atoms with Crippen molar-refractivity contribution >= 4 is 5.91 Å². The molecule has 2 heteroatoms. The Bertz CT molecular complexity index is 376. The van der Waals surface area contributed by atoms with Gasteiger partial charge in [-0.1, -0.05) is 12.2 Å². The predicted octanol–water partition coefficient (Wildman–Crippen LogP) is 3.43. The normalized spacial score (nSPS) is 46.7. The third-order valence-electron chi connectivity index (χ3n) is 6.00. The van der Waals surface area contributed by atoms with E-state index in [2.05, 4.69) is 17.5 Å². The van der Waals surface area contributed by atoms with Gasteiger partial charge in [0.05, 0.1) is 0 Å². The Morgan fingerprint density at radius 1 is 1.11 bits per heavy atom. The summed E-state index contributed by atoms with van der Waals surface area (Å²) in [5.74, 6) is 3.57. The second kappa shape index (κ2) is 4.36. The fourth-order valence-corrected chi connectivity index (χ4v) is 5.71. The van der Waals surface area contributed by atoms with Crippen LogP contribution in [0.5, 0.6) is 0 Å². The highest BCUT2D eigenvalue weighted by Crippen LogP contribution is 2.55. The molecule has 1 N–H and O–H groups in total. The summed E-state index contributed by atoms with van der Waals surface area (Å²) in [6.45, 7) is 0. The van der Waals surface area contributed by atoms with Crippen molar-refractivity contribution in [2.45, 2.75) is 63.3 Å². The van der Waals surface area contributed by atoms with E-state index in [0.717, 1.165) is 30.6 Å². The van der Waals surface area contributed by atoms with Gasteiger partial charge in [-0.25, -0.2) is 0 Å². The van der Waals surface area contributed by atoms with Crippen molar-refractivity contribution in [1.82, 2.24) is 5.32 Å². The van der Waals surface area contributed by atoms with Crippen molar-refractivity contribution in [3.63, 3.8) is 0 Å². The lowest BCUT2D eigenvalue weighted by molar-refractivity contribution is -0.127. The second-order valence-electron chi connectivity index (χ2n) is 7.72. The maximum atomic E-state index is 12.3. The molecule has 1 amide bonds. The van der Waals surface area contributed by atoms with Crippen molar-refractivity contribution in [3.05, 3.63) is 12.2 Å². The van der Waals surface area contributed by atoms with Gasteiger partial charge in [-0.2, -0.15) is 0 Å². The van der Waals surface area contributed by atoms with E-state index in [1.54, 1.807) is 0 Å². The number of nitrogens with one attached hydrogen (secondary N) is 1. The molecule has 0 aromatic rings. The maximum absolute atomic E-state index is 12.3. The average Bonchev–Trinajstić information content (AvgIpc) is 2.78. The molecule has 1 atom stereocenters. The zero-order valence-corrected chi connectivity index (χ0v) is 11.7. The smallest absolute Gasteiger partial charge is 0.221 e. The van der Waals surface area contributed by atoms with E-state index in [-0.39, 0.29) is 5.54 Å². The third kappa shape index (κ3) is 2.23. The Labute approximate surface area is 116 Å². The molecule has 0 heterocycles. The zero-order valence-electron chi connectivity index (χ0n) is 11.7. The predicted molar refractivity (Wildman–Crippen MR) is 75.5 cm³/mol. The van der Waals surface area contributed by atoms with E-state index in [9.17, 15) is 4.79 Å². The lowest BCUT2D eigenvalue weighted by Gasteiger charge is -2.57. The van der Waals surface area contributed by atoms with Gasteiger partial charge in [0.15, 0.2) is 0 Å². The molecular formula is C17H25NO. The molecule has 4 fully saturated rings. The molecule has 5 aliphatic rings. The summed E-state index contributed by atoms with van der Waals surface area (Å²) < 4.78 is 0. The van der Waals surface area contributed by atoms with E-state index < -0.39 is 0 Å². The largest absolute Gasteiger partial charge is 0.351 e. The van der Waals surface area contributed by atoms with Crippen LogP contribution in [0.2, 0.25) is 0 Å². The number of rotatable bonds is 3. The molecule has 5 rings (SSSR count). The minimum atomic E-state index is 0.203. The third-order valence-corrected chi connectivity index (χ3v) is 6.00. The van der Waals surface area contributed by atoms with Crippen LogP contribution in [0.1, 0.15) is 57.8 Å². The molecule has 4 bridgehead atoms. The minimum absolute atomic E-state index is 0.203. The van der Waals surface area contributed by atoms with E-state index in [1.165, 1.54) is 44.9 Å². The molecule has 19 heavy (non-hydrogen) atoms. The number of carbonyl (C=O) groups excluding carboxylic acids is 1. The molecule has 104 valence electrons. The summed E-state index contributed by atoms with van der Waals surface area (Å²) in [6.07, 6.45) is 15.7. The first-order valence-corrected chi connectivity index (χ1v) is 8.18. The van der Waals surface area contributed by atoms with Gasteiger partial charge in [-0.05, 0) is 75.0 Å². The molecule has 0 aromatic carbocycles. The van der Waals surface area contributed by atoms with Crippen LogP contribution in [0.4, 0.5) is 0 Å². The van der Waals surface area contributed by atoms with Gasteiger partial charge in [0.1, 0.15) is 0 Å². The Balaban J connectivity index is 1.41. The SMILES string of the molecule is O=C(CC1C=CCC1)NC12CC3CC(CC(C3)C1)C2. The molecule has 0 spiro atoms. The Kier molecular flexibility index (Phi) is 2.75. The highest BCUT2D eigenvalue weighted by Gasteiger charge is 2.51. The van der Waals surface area contributed by atoms with Crippen LogP contribution in [-0.4, -0.2) is 11.4 Å². The monoisotopic (exact) mass is 259 g/mol. The molecule has 1 unspecified atom stereocenters. The van der Waals surface area contributed by atoms with E-state index >= 15 is 0 Å². The van der Waals surface area contributed by atoms with Crippen molar-refractivity contribution in [2.24, 2.45) is 23.7 Å². The van der Waals surface area contributed by atoms with Crippen LogP contribution in [0.3, 0.4) is 0 Å². The Morgan fingerprint density at radius 3 is 2.26 bits per heavy atom. The van der Waals surface area contributed by atoms with Crippen LogP contribution in [0, 0.1) is 23.7 Å². The van der Waals surface area contributed by atoms with Gasteiger partial charge in [-0.3, -0.25) is 4.79 Å². The lowest BCUT2D eigenvalue weighted by Crippen LogP contribution is -2.59. The summed E-state index contributed by atoms with van der Waals surface area (Å²) in [5, 5.41) is 3.48. The summed E-state index contributed by atoms with van der Waals surface area (Å²) in [7, 11) is 0. The number of allylic oxidation sites excluding steroid dienone is 2. The fraction of sp³-hybridized carbons (Fsp3) is 0.824. The molecule has 0 saturated heterocycles. The average molecular weight is 259 g/mol. The molecule has 4 saturated carbocycles. The standard InChI is InChI=1S/C17H25NO/c19-16(8-12-3-1-2-4-12)18-17-9-13-5-14(10-17)7-15(6-13)11-17/h1,3,12-15H,2,4-11H2,(H,18,19). The molecule has 0 radical (unpaired) electrons. The van der Waals surface area contributed by atoms with Crippen LogP contribution in [-0.2, 0) is 4.79 Å². The number of amides is 1. The second-order valence-corrected chi connectivity index (χ2v) is 7.72. The highest BCUT2D eigenvalue weighted by atomic mass is 16.1. The van der Waals surface area contributed by atoms with Gasteiger partial charge in [0, 0.05) is 12.0 Å². The van der Waals surface area contributed by atoms with Crippen LogP contribution < -0.4 is 5.32 Å². The Hall–Kier alpha value is -0.790. The zero-order chi connectivity index (χ0) is 12.9. The van der Waals surface area contributed by atoms with Gasteiger partial charge >= 0.3 is 0 Å². The lowest BCUT2D eigenvalue weighted by atomic mass is 9.53. The Morgan fingerprint density at radius 2 is 1.74 bits per heavy atom. The maximum Gasteiger partial charge on any atom is 0.221 e. The molecule has 5 aliphatic carbocycles. The summed E-state index contributed by atoms with van der Waals surface area (Å²) in [5.41, 5.74) is 0.203. The van der Waals surface area contributed by atoms with E-state index in [1.807, 2.05) is 0 Å². The number of carbonyl (C=O) groups is 1. The van der Waals surface area contributed by atoms with Gasteiger partial charge in [0.2, 0.25) is 5.91 Å². The van der Waals surface area contributed by atoms with Crippen LogP contribution in [0.25, 0.3) is 0 Å². The summed E-state index contributed by atoms with van der Waals surface area (Å²) in [4.78, 5) is 12.3. The first kappa shape index (κ1) is 12.0. The van der Waals surface area contributed by atoms with Crippen LogP contribution in [0.15, 0.2) is 12.2 Å². The number of hydrogen-bond acceptors (Lipinski definition) is 1. The quantitative estimate of drug-likeness (QED) is 0.773. The van der Waals surface area contributed by atoms with Gasteiger partial charge in [-0.15, -0.1) is 0 Å². The molecule has 0 aliphatic heterocycles. The fourth-order valence-electron chi connectivity index (χ4n) is 5.71. The van der Waals surface area contributed by atoms with Gasteiger partial charge in [0.25, 0.3) is 0 Å². The first-order valence-electron chi connectivity index (χ1n) is 8.18. The summed E-state index contributed by atoms with van der Waals surface area (Å²) in [6, 6.07) is 0. The highest BCUT2D eigenvalue weighted by molar-refractivity contribution is 5.77. The molecule has 2 nitrogen and oxygen atoms in total. The van der Waals surface area contributed by atoms with Crippen molar-refractivity contribution in [3.8, 4) is 0 Å². The molecule has 0 aromatic heterocycles. The molecular weight excluding hydrogens is 234 g/mol. The van der Waals surface area contributed by atoms with Gasteiger partial charge < -0.3 is 5.32 Å². The van der Waals surface area contributed by atoms with Crippen LogP contribution >= 0.6 is 0 Å². The van der Waals surface area contributed by atoms with Crippen molar-refractivity contribution in [1.29, 1.82) is 0 Å². The minimum Gasteiger partial charge on any atom is -0.351 e. The van der Waals surface area contributed by atoms with E-state index in [0.29, 0.717) is 11.8 Å². The van der Waals surface area contributed by atoms with Crippen molar-refractivity contribution < 1.29 is 4.79 Å². The summed E-state index contributed by atoms with van der Waals surface area (Å²) >= 11 is 0. The first-order chi connectivity index (χ1) is 9.21. The van der Waals surface area contributed by atoms with Crippen molar-refractivity contribution in [2.75, 3.05) is 0 Å². The van der Waals surface area contributed by atoms with E-state index in [4.69, 9.17) is 0 Å². The topological polar surface area (TPSA) is 29.1 Å². The number of hydrogen-bond donors (Lipinski definition) is 1.